The summed E-state index contributed by atoms with van der Waals surface area (Å²) < 4.78 is 36.0. The Kier molecular flexibility index (Phi) is 3.09. The second-order valence-electron chi connectivity index (χ2n) is 3.17. The number of aromatic hydroxyl groups is 2. The van der Waals surface area contributed by atoms with Gasteiger partial charge in [0.2, 0.25) is 0 Å². The van der Waals surface area contributed by atoms with Gasteiger partial charge in [0.25, 0.3) is 0 Å². The van der Waals surface area contributed by atoms with Crippen LogP contribution >= 0.6 is 0 Å². The van der Waals surface area contributed by atoms with Gasteiger partial charge in [0.15, 0.2) is 0 Å². The van der Waals surface area contributed by atoms with Gasteiger partial charge in [0, 0.05) is 11.6 Å². The molecule has 84 valence electrons. The summed E-state index contributed by atoms with van der Waals surface area (Å²) in [5.41, 5.74) is 5.14. The highest BCUT2D eigenvalue weighted by atomic mass is 19.4. The van der Waals surface area contributed by atoms with Crippen LogP contribution in [0.3, 0.4) is 0 Å². The van der Waals surface area contributed by atoms with Crippen LogP contribution in [0, 0.1) is 0 Å². The van der Waals surface area contributed by atoms with Crippen LogP contribution in [0.25, 0.3) is 0 Å². The standard InChI is InChI=1S/C9H10F3NO2/c10-9(11,12)4-7(13)6-3-5(14)1-2-8(6)15/h1-3,7,14-15H,4,13H2/t7-/m1/s1. The first-order chi connectivity index (χ1) is 6.79. The Labute approximate surface area is 84.0 Å². The molecule has 1 rings (SSSR count). The number of halogens is 3. The first-order valence-electron chi connectivity index (χ1n) is 4.14. The van der Waals surface area contributed by atoms with E-state index in [1.54, 1.807) is 0 Å². The Morgan fingerprint density at radius 2 is 1.87 bits per heavy atom. The summed E-state index contributed by atoms with van der Waals surface area (Å²) in [5.74, 6) is -0.593. The fourth-order valence-corrected chi connectivity index (χ4v) is 1.20. The smallest absolute Gasteiger partial charge is 0.390 e. The molecule has 0 aliphatic carbocycles. The third-order valence-electron chi connectivity index (χ3n) is 1.86. The maximum atomic E-state index is 12.0. The lowest BCUT2D eigenvalue weighted by Crippen LogP contribution is -2.20. The van der Waals surface area contributed by atoms with Crippen molar-refractivity contribution in [2.45, 2.75) is 18.6 Å². The number of phenolic OH excluding ortho intramolecular Hbond substituents is 2. The van der Waals surface area contributed by atoms with Gasteiger partial charge in [-0.2, -0.15) is 13.2 Å². The molecule has 0 radical (unpaired) electrons. The van der Waals surface area contributed by atoms with Gasteiger partial charge >= 0.3 is 6.18 Å². The summed E-state index contributed by atoms with van der Waals surface area (Å²) in [6.45, 7) is 0. The molecule has 4 N–H and O–H groups in total. The van der Waals surface area contributed by atoms with E-state index in [9.17, 15) is 18.3 Å². The summed E-state index contributed by atoms with van der Waals surface area (Å²) >= 11 is 0. The Hall–Kier alpha value is -1.43. The highest BCUT2D eigenvalue weighted by Crippen LogP contribution is 2.33. The van der Waals surface area contributed by atoms with E-state index < -0.39 is 18.6 Å². The van der Waals surface area contributed by atoms with Crippen molar-refractivity contribution in [2.24, 2.45) is 5.73 Å². The molecule has 0 aliphatic rings. The molecule has 1 atom stereocenters. The zero-order valence-corrected chi connectivity index (χ0v) is 7.62. The van der Waals surface area contributed by atoms with Crippen LogP contribution in [-0.2, 0) is 0 Å². The Morgan fingerprint density at radius 1 is 1.27 bits per heavy atom. The van der Waals surface area contributed by atoms with E-state index in [1.807, 2.05) is 0 Å². The largest absolute Gasteiger partial charge is 0.508 e. The molecule has 15 heavy (non-hydrogen) atoms. The molecular formula is C9H10F3NO2. The van der Waals surface area contributed by atoms with Gasteiger partial charge < -0.3 is 15.9 Å². The fraction of sp³-hybridized carbons (Fsp3) is 0.333. The van der Waals surface area contributed by atoms with Crippen LogP contribution in [-0.4, -0.2) is 16.4 Å². The van der Waals surface area contributed by atoms with Crippen molar-refractivity contribution in [1.29, 1.82) is 0 Å². The summed E-state index contributed by atoms with van der Waals surface area (Å²) in [4.78, 5) is 0. The van der Waals surface area contributed by atoms with E-state index in [2.05, 4.69) is 0 Å². The van der Waals surface area contributed by atoms with Crippen molar-refractivity contribution in [3.05, 3.63) is 23.8 Å². The highest BCUT2D eigenvalue weighted by Gasteiger charge is 2.31. The van der Waals surface area contributed by atoms with Crippen LogP contribution in [0.2, 0.25) is 0 Å². The van der Waals surface area contributed by atoms with Gasteiger partial charge in [-0.05, 0) is 18.2 Å². The van der Waals surface area contributed by atoms with Crippen molar-refractivity contribution in [3.8, 4) is 11.5 Å². The van der Waals surface area contributed by atoms with E-state index in [4.69, 9.17) is 10.8 Å². The van der Waals surface area contributed by atoms with Crippen LogP contribution in [0.4, 0.5) is 13.2 Å². The second-order valence-corrected chi connectivity index (χ2v) is 3.17. The Morgan fingerprint density at radius 3 is 2.40 bits per heavy atom. The minimum atomic E-state index is -4.41. The molecule has 0 amide bonds. The second kappa shape index (κ2) is 3.98. The molecule has 6 heteroatoms. The van der Waals surface area contributed by atoms with E-state index >= 15 is 0 Å². The molecule has 0 spiro atoms. The Bertz CT molecular complexity index is 352. The van der Waals surface area contributed by atoms with Crippen molar-refractivity contribution < 1.29 is 23.4 Å². The minimum absolute atomic E-state index is 0.118. The maximum Gasteiger partial charge on any atom is 0.390 e. The number of phenols is 2. The predicted molar refractivity (Wildman–Crippen MR) is 47.4 cm³/mol. The van der Waals surface area contributed by atoms with Gasteiger partial charge in [-0.15, -0.1) is 0 Å². The number of nitrogens with two attached hydrogens (primary N) is 1. The predicted octanol–water partition coefficient (Wildman–Crippen LogP) is 2.05. The van der Waals surface area contributed by atoms with Gasteiger partial charge in [-0.3, -0.25) is 0 Å². The van der Waals surface area contributed by atoms with Crippen molar-refractivity contribution in [2.75, 3.05) is 0 Å². The first-order valence-corrected chi connectivity index (χ1v) is 4.14. The van der Waals surface area contributed by atoms with E-state index in [1.165, 1.54) is 6.07 Å². The van der Waals surface area contributed by atoms with Gasteiger partial charge in [-0.1, -0.05) is 0 Å². The lowest BCUT2D eigenvalue weighted by molar-refractivity contribution is -0.138. The Balaban J connectivity index is 2.90. The third kappa shape index (κ3) is 3.32. The summed E-state index contributed by atoms with van der Waals surface area (Å²) in [6, 6.07) is 1.91. The molecule has 0 aliphatic heterocycles. The molecule has 0 fully saturated rings. The van der Waals surface area contributed by atoms with Crippen molar-refractivity contribution in [3.63, 3.8) is 0 Å². The molecule has 0 saturated carbocycles. The van der Waals surface area contributed by atoms with E-state index in [-0.39, 0.29) is 17.1 Å². The van der Waals surface area contributed by atoms with Crippen LogP contribution in [0.1, 0.15) is 18.0 Å². The zero-order valence-electron chi connectivity index (χ0n) is 7.62. The fourth-order valence-electron chi connectivity index (χ4n) is 1.20. The molecule has 3 nitrogen and oxygen atoms in total. The normalized spacial score (nSPS) is 13.9. The van der Waals surface area contributed by atoms with Crippen molar-refractivity contribution >= 4 is 0 Å². The van der Waals surface area contributed by atoms with Crippen LogP contribution in [0.15, 0.2) is 18.2 Å². The average molecular weight is 221 g/mol. The molecular weight excluding hydrogens is 211 g/mol. The van der Waals surface area contributed by atoms with Crippen LogP contribution in [0.5, 0.6) is 11.5 Å². The number of hydrogen-bond acceptors (Lipinski definition) is 3. The zero-order chi connectivity index (χ0) is 11.6. The monoisotopic (exact) mass is 221 g/mol. The SMILES string of the molecule is N[C@H](CC(F)(F)F)c1cc(O)ccc1O. The first kappa shape index (κ1) is 11.6. The van der Waals surface area contributed by atoms with Crippen molar-refractivity contribution in [1.82, 2.24) is 0 Å². The quantitative estimate of drug-likeness (QED) is 0.669. The molecule has 1 aromatic carbocycles. The molecule has 1 aromatic rings. The number of rotatable bonds is 2. The van der Waals surface area contributed by atoms with E-state index in [0.29, 0.717) is 0 Å². The maximum absolute atomic E-state index is 12.0. The molecule has 0 heterocycles. The molecule has 0 unspecified atom stereocenters. The number of alkyl halides is 3. The highest BCUT2D eigenvalue weighted by molar-refractivity contribution is 5.40. The summed E-state index contributed by atoms with van der Waals surface area (Å²) in [7, 11) is 0. The van der Waals surface area contributed by atoms with Crippen LogP contribution < -0.4 is 5.73 Å². The number of hydrogen-bond donors (Lipinski definition) is 3. The molecule has 0 saturated heterocycles. The summed E-state index contributed by atoms with van der Waals surface area (Å²) in [5, 5.41) is 18.3. The van der Waals surface area contributed by atoms with Gasteiger partial charge in [0.1, 0.15) is 11.5 Å². The molecule has 0 aromatic heterocycles. The van der Waals surface area contributed by atoms with Gasteiger partial charge in [0.05, 0.1) is 6.42 Å². The third-order valence-corrected chi connectivity index (χ3v) is 1.86. The lowest BCUT2D eigenvalue weighted by atomic mass is 10.0. The molecule has 0 bridgehead atoms. The van der Waals surface area contributed by atoms with Gasteiger partial charge in [-0.25, -0.2) is 0 Å². The lowest BCUT2D eigenvalue weighted by Gasteiger charge is -2.15. The average Bonchev–Trinajstić information content (AvgIpc) is 2.06. The number of benzene rings is 1. The minimum Gasteiger partial charge on any atom is -0.508 e. The topological polar surface area (TPSA) is 66.5 Å². The van der Waals surface area contributed by atoms with E-state index in [0.717, 1.165) is 12.1 Å². The summed E-state index contributed by atoms with van der Waals surface area (Å²) in [6.07, 6.45) is -5.65.